The Morgan fingerprint density at radius 1 is 0.937 bits per heavy atom. The Hall–Kier alpha value is -4.12. The number of unbranched alkanes of at least 4 members (excludes halogenated alkanes) is 1. The van der Waals surface area contributed by atoms with Gasteiger partial charge in [0.25, 0.3) is 0 Å². The molecule has 2 aromatic rings. The van der Waals surface area contributed by atoms with Crippen molar-refractivity contribution >= 4 is 66.6 Å². The molecular formula is C47H72N10O5S. The largest absolute Gasteiger partial charge is 0.376 e. The van der Waals surface area contributed by atoms with E-state index in [1.165, 1.54) is 63.8 Å². The van der Waals surface area contributed by atoms with Gasteiger partial charge in [0.15, 0.2) is 0 Å². The normalized spacial score (nSPS) is 24.0. The van der Waals surface area contributed by atoms with Crippen molar-refractivity contribution in [3.63, 3.8) is 0 Å². The minimum atomic E-state index is -0.762. The van der Waals surface area contributed by atoms with Gasteiger partial charge < -0.3 is 34.9 Å². The van der Waals surface area contributed by atoms with E-state index in [1.807, 2.05) is 54.4 Å². The number of anilines is 4. The molecule has 2 saturated carbocycles. The monoisotopic (exact) mass is 889 g/mol. The molecule has 15 nitrogen and oxygen atoms in total. The Kier molecular flexibility index (Phi) is 17.0. The topological polar surface area (TPSA) is 155 Å². The van der Waals surface area contributed by atoms with Crippen LogP contribution in [0, 0.1) is 11.3 Å². The molecule has 7 rings (SSSR count). The zero-order valence-corrected chi connectivity index (χ0v) is 39.4. The first-order chi connectivity index (χ1) is 30.4. The number of nitrogens with one attached hydrogen (secondary N) is 2. The van der Waals surface area contributed by atoms with Gasteiger partial charge in [-0.05, 0) is 119 Å². The average molecular weight is 889 g/mol. The molecular weight excluding hydrogens is 817 g/mol. The number of rotatable bonds is 20. The summed E-state index contributed by atoms with van der Waals surface area (Å²) >= 11 is 1.98. The lowest BCUT2D eigenvalue weighted by atomic mass is 9.87. The van der Waals surface area contributed by atoms with E-state index >= 15 is 0 Å². The van der Waals surface area contributed by atoms with Crippen LogP contribution in [0.15, 0.2) is 24.4 Å². The number of aldehydes is 2. The lowest BCUT2D eigenvalue weighted by Crippen LogP contribution is -2.46. The van der Waals surface area contributed by atoms with Crippen LogP contribution in [0.25, 0.3) is 0 Å². The van der Waals surface area contributed by atoms with E-state index in [2.05, 4.69) is 45.0 Å². The number of aryl methyl sites for hydroxylation is 1. The second-order valence-electron chi connectivity index (χ2n) is 19.2. The van der Waals surface area contributed by atoms with Crippen molar-refractivity contribution in [2.75, 3.05) is 87.5 Å². The molecule has 2 aliphatic carbocycles. The van der Waals surface area contributed by atoms with E-state index in [0.717, 1.165) is 99.6 Å². The zero-order chi connectivity index (χ0) is 45.1. The number of carbonyl (C=O) groups excluding carboxylic acids is 5. The number of carbonyl (C=O) groups is 5. The summed E-state index contributed by atoms with van der Waals surface area (Å²) in [5.41, 5.74) is 4.24. The van der Waals surface area contributed by atoms with Crippen LogP contribution in [0.1, 0.15) is 108 Å². The van der Waals surface area contributed by atoms with E-state index in [9.17, 15) is 24.0 Å². The van der Waals surface area contributed by atoms with Crippen molar-refractivity contribution in [3.05, 3.63) is 35.5 Å². The van der Waals surface area contributed by atoms with Crippen LogP contribution < -0.4 is 25.3 Å². The molecule has 4 unspecified atom stereocenters. The van der Waals surface area contributed by atoms with Gasteiger partial charge in [0.1, 0.15) is 24.4 Å². The number of likely N-dealkylation sites (tertiary alicyclic amines) is 1. The molecule has 1 aromatic carbocycles. The third-order valence-corrected chi connectivity index (χ3v) is 15.3. The molecule has 3 aliphatic heterocycles. The molecule has 1 aromatic heterocycles. The molecule has 2 N–H and O–H groups in total. The maximum atomic E-state index is 12.3. The predicted molar refractivity (Wildman–Crippen MR) is 252 cm³/mol. The maximum Gasteiger partial charge on any atom is 0.242 e. The molecule has 1 spiro atoms. The van der Waals surface area contributed by atoms with Gasteiger partial charge in [0, 0.05) is 103 Å². The highest BCUT2D eigenvalue weighted by Gasteiger charge is 2.45. The highest BCUT2D eigenvalue weighted by molar-refractivity contribution is 7.94. The Morgan fingerprint density at radius 3 is 2.29 bits per heavy atom. The highest BCUT2D eigenvalue weighted by atomic mass is 32.2. The second kappa shape index (κ2) is 22.2. The summed E-state index contributed by atoms with van der Waals surface area (Å²) in [6.07, 6.45) is 18.3. The molecule has 0 radical (unpaired) electrons. The Balaban J connectivity index is 0.000000225. The summed E-state index contributed by atoms with van der Waals surface area (Å²) in [6, 6.07) is 5.51. The molecule has 3 amide bonds. The van der Waals surface area contributed by atoms with Crippen LogP contribution in [-0.2, 0) is 35.8 Å². The van der Waals surface area contributed by atoms with Crippen molar-refractivity contribution in [2.24, 2.45) is 11.3 Å². The zero-order valence-electron chi connectivity index (χ0n) is 38.6. The van der Waals surface area contributed by atoms with Gasteiger partial charge in [0.2, 0.25) is 24.7 Å². The third kappa shape index (κ3) is 12.2. The van der Waals surface area contributed by atoms with E-state index in [4.69, 9.17) is 9.97 Å². The second-order valence-corrected chi connectivity index (χ2v) is 20.4. The summed E-state index contributed by atoms with van der Waals surface area (Å²) in [7, 11) is 7.48. The third-order valence-electron chi connectivity index (χ3n) is 14.1. The Bertz CT molecular complexity index is 1880. The summed E-state index contributed by atoms with van der Waals surface area (Å²) in [6.45, 7) is 11.7. The van der Waals surface area contributed by atoms with E-state index in [1.54, 1.807) is 6.07 Å². The lowest BCUT2D eigenvalue weighted by molar-refractivity contribution is -0.123. The van der Waals surface area contributed by atoms with Crippen LogP contribution in [0.5, 0.6) is 0 Å². The van der Waals surface area contributed by atoms with E-state index in [-0.39, 0.29) is 30.2 Å². The number of piperidine rings is 1. The van der Waals surface area contributed by atoms with Crippen LogP contribution in [0.2, 0.25) is 0 Å². The molecule has 4 heterocycles. The number of hydrogen-bond donors (Lipinski definition) is 2. The van der Waals surface area contributed by atoms with Crippen molar-refractivity contribution in [1.82, 2.24) is 28.8 Å². The molecule has 4 atom stereocenters. The van der Waals surface area contributed by atoms with Gasteiger partial charge in [-0.2, -0.15) is 4.98 Å². The molecule has 346 valence electrons. The summed E-state index contributed by atoms with van der Waals surface area (Å²) in [5.74, 6) is 1.72. The SMILES string of the molecule is CC1CCCC1N(C=O)c1nc(NC2CCN(SN3CCC4(CCN(C)C4)C3)CC2)ncc1C1(C)CC1.CNC(=O)C(CCC=O)N(C=O)c1ccc(CCCC=O)cc1N(C)C. The van der Waals surface area contributed by atoms with Crippen LogP contribution >= 0.6 is 12.1 Å². The van der Waals surface area contributed by atoms with Crippen molar-refractivity contribution in [3.8, 4) is 0 Å². The van der Waals surface area contributed by atoms with E-state index in [0.29, 0.717) is 41.8 Å². The molecule has 0 bridgehead atoms. The first-order valence-corrected chi connectivity index (χ1v) is 24.0. The van der Waals surface area contributed by atoms with Crippen LogP contribution in [0.3, 0.4) is 0 Å². The number of hydrogen-bond acceptors (Lipinski definition) is 13. The molecule has 5 fully saturated rings. The molecule has 16 heteroatoms. The van der Waals surface area contributed by atoms with E-state index < -0.39 is 6.04 Å². The fourth-order valence-corrected chi connectivity index (χ4v) is 11.2. The Labute approximate surface area is 379 Å². The number of amides is 3. The van der Waals surface area contributed by atoms with Crippen LogP contribution in [-0.4, -0.2) is 140 Å². The van der Waals surface area contributed by atoms with Crippen LogP contribution in [0.4, 0.5) is 23.1 Å². The smallest absolute Gasteiger partial charge is 0.242 e. The highest BCUT2D eigenvalue weighted by Crippen LogP contribution is 2.51. The summed E-state index contributed by atoms with van der Waals surface area (Å²) < 4.78 is 5.16. The first-order valence-electron chi connectivity index (χ1n) is 23.2. The van der Waals surface area contributed by atoms with Gasteiger partial charge in [-0.3, -0.25) is 19.3 Å². The first kappa shape index (κ1) is 48.3. The number of nitrogens with zero attached hydrogens (tertiary/aromatic N) is 8. The minimum Gasteiger partial charge on any atom is -0.376 e. The number of benzene rings is 1. The number of likely N-dealkylation sites (N-methyl/N-ethyl adjacent to an activating group) is 1. The van der Waals surface area contributed by atoms with Crippen molar-refractivity contribution in [1.29, 1.82) is 0 Å². The predicted octanol–water partition coefficient (Wildman–Crippen LogP) is 5.48. The lowest BCUT2D eigenvalue weighted by Gasteiger charge is -2.34. The standard InChI is InChI=1S/C28H45N7OS.C19H27N3O4/c1-21-5-4-6-24(21)35(20-36)25-23(27(2)9-10-27)17-29-26(31-25)30-22-7-13-33(14-8-22)37-34-16-12-28(19-34)11-15-32(3)18-28;1-20-19(26)17(8-6-12-24)22(14-25)16-10-9-15(7-4-5-11-23)13-18(16)21(2)3/h17,20-22,24H,4-16,18-19H2,1-3H3,(H,29,30,31);9-14,17H,4-8H2,1-3H3,(H,20,26). The fourth-order valence-electron chi connectivity index (χ4n) is 10.0. The van der Waals surface area contributed by atoms with Gasteiger partial charge in [-0.1, -0.05) is 26.3 Å². The summed E-state index contributed by atoms with van der Waals surface area (Å²) in [5, 5.41) is 6.19. The quantitative estimate of drug-likeness (QED) is 0.0982. The van der Waals surface area contributed by atoms with Gasteiger partial charge in [-0.25, -0.2) is 13.6 Å². The Morgan fingerprint density at radius 2 is 1.68 bits per heavy atom. The van der Waals surface area contributed by atoms with Gasteiger partial charge in [0.05, 0.1) is 11.4 Å². The fraction of sp³-hybridized carbons (Fsp3) is 0.681. The average Bonchev–Trinajstić information content (AvgIpc) is 3.51. The summed E-state index contributed by atoms with van der Waals surface area (Å²) in [4.78, 5) is 75.1. The van der Waals surface area contributed by atoms with Crippen molar-refractivity contribution < 1.29 is 24.0 Å². The molecule has 63 heavy (non-hydrogen) atoms. The van der Waals surface area contributed by atoms with Crippen molar-refractivity contribution in [2.45, 2.75) is 127 Å². The van der Waals surface area contributed by atoms with Gasteiger partial charge in [-0.15, -0.1) is 0 Å². The number of aromatic nitrogens is 2. The molecule has 5 aliphatic rings. The minimum absolute atomic E-state index is 0.113. The molecule has 3 saturated heterocycles. The maximum absolute atomic E-state index is 12.3. The van der Waals surface area contributed by atoms with Gasteiger partial charge >= 0.3 is 0 Å².